The zero-order valence-electron chi connectivity index (χ0n) is 31.8. The molecule has 0 bridgehead atoms. The van der Waals surface area contributed by atoms with Gasteiger partial charge in [-0.05, 0) is 116 Å². The molecule has 0 unspecified atom stereocenters. The molecule has 8 heteroatoms. The van der Waals surface area contributed by atoms with Crippen LogP contribution in [-0.2, 0) is 5.41 Å². The number of non-ortho nitro benzene ring substituents is 2. The van der Waals surface area contributed by atoms with E-state index in [1.165, 1.54) is 132 Å². The topological polar surface area (TPSA) is 105 Å². The number of benzene rings is 4. The van der Waals surface area contributed by atoms with Gasteiger partial charge in [-0.1, -0.05) is 102 Å². The smallest absolute Gasteiger partial charge is 0.269 e. The number of nitrogens with zero attached hydrogens (tertiary/aromatic N) is 2. The molecule has 4 aromatic rings. The zero-order valence-corrected chi connectivity index (χ0v) is 31.8. The predicted octanol–water partition coefficient (Wildman–Crippen LogP) is 13.9. The van der Waals surface area contributed by atoms with E-state index >= 15 is 0 Å². The molecule has 0 saturated heterocycles. The fourth-order valence-corrected chi connectivity index (χ4v) is 9.09. The average Bonchev–Trinajstić information content (AvgIpc) is 3.20. The van der Waals surface area contributed by atoms with Gasteiger partial charge in [0.25, 0.3) is 11.4 Å². The number of rotatable bonds is 18. The van der Waals surface area contributed by atoms with Crippen molar-refractivity contribution < 1.29 is 19.3 Å². The maximum atomic E-state index is 11.1. The van der Waals surface area contributed by atoms with Crippen LogP contribution in [0.25, 0.3) is 0 Å². The van der Waals surface area contributed by atoms with Gasteiger partial charge in [-0.3, -0.25) is 20.2 Å². The Bertz CT molecular complexity index is 1650. The molecule has 0 heterocycles. The second-order valence-corrected chi connectivity index (χ2v) is 15.7. The third-order valence-electron chi connectivity index (χ3n) is 12.3. The lowest BCUT2D eigenvalue weighted by atomic mass is 9.60. The minimum atomic E-state index is -0.412. The molecule has 0 radical (unpaired) electrons. The third-order valence-corrected chi connectivity index (χ3v) is 12.3. The van der Waals surface area contributed by atoms with Crippen molar-refractivity contribution in [2.75, 3.05) is 0 Å². The average molecular weight is 733 g/mol. The quantitative estimate of drug-likeness (QED) is 0.0573. The predicted molar refractivity (Wildman–Crippen MR) is 215 cm³/mol. The van der Waals surface area contributed by atoms with Gasteiger partial charge >= 0.3 is 0 Å². The largest absolute Gasteiger partial charge is 0.457 e. The van der Waals surface area contributed by atoms with Crippen molar-refractivity contribution >= 4 is 11.4 Å². The Kier molecular flexibility index (Phi) is 13.7. The first-order valence-corrected chi connectivity index (χ1v) is 20.4. The Hall–Kier alpha value is -4.72. The standard InChI is InChI=1S/C46H56N2O6/c1-2-3-4-5-6-7-8-9-10-35-11-13-36(14-12-35)37-31-33-46(34-32-37,38-15-23-42(24-16-38)53-44-27-19-40(20-28-44)47(49)50)39-17-25-43(26-18-39)54-45-29-21-41(22-30-45)48(51)52/h15-30,35-37H,2-14,31-34H2,1H3/t35-,36-. The Morgan fingerprint density at radius 3 is 1.30 bits per heavy atom. The highest BCUT2D eigenvalue weighted by atomic mass is 16.6. The normalized spacial score (nSPS) is 18.5. The first-order valence-electron chi connectivity index (χ1n) is 20.4. The van der Waals surface area contributed by atoms with Gasteiger partial charge in [0.2, 0.25) is 0 Å². The summed E-state index contributed by atoms with van der Waals surface area (Å²) >= 11 is 0. The van der Waals surface area contributed by atoms with Crippen LogP contribution in [-0.4, -0.2) is 9.85 Å². The van der Waals surface area contributed by atoms with Crippen LogP contribution in [0, 0.1) is 38.0 Å². The number of ether oxygens (including phenoxy) is 2. The van der Waals surface area contributed by atoms with E-state index in [0.717, 1.165) is 30.6 Å². The molecule has 2 aliphatic carbocycles. The van der Waals surface area contributed by atoms with Crippen LogP contribution in [0.4, 0.5) is 11.4 Å². The van der Waals surface area contributed by atoms with Crippen LogP contribution in [0.3, 0.4) is 0 Å². The molecule has 54 heavy (non-hydrogen) atoms. The summed E-state index contributed by atoms with van der Waals surface area (Å²) in [6.07, 6.45) is 22.7. The molecule has 2 aliphatic rings. The van der Waals surface area contributed by atoms with Crippen LogP contribution in [0.15, 0.2) is 97.1 Å². The van der Waals surface area contributed by atoms with E-state index in [-0.39, 0.29) is 16.8 Å². The molecule has 4 aromatic carbocycles. The summed E-state index contributed by atoms with van der Waals surface area (Å²) in [5.74, 6) is 4.99. The molecule has 0 spiro atoms. The zero-order chi connectivity index (χ0) is 37.8. The Balaban J connectivity index is 1.10. The maximum Gasteiger partial charge on any atom is 0.269 e. The molecule has 2 fully saturated rings. The van der Waals surface area contributed by atoms with Crippen molar-refractivity contribution in [3.05, 3.63) is 128 Å². The maximum absolute atomic E-state index is 11.1. The molecule has 2 saturated carbocycles. The first-order chi connectivity index (χ1) is 26.3. The number of nitro benzene ring substituents is 2. The molecule has 0 aliphatic heterocycles. The molecular formula is C46H56N2O6. The van der Waals surface area contributed by atoms with Crippen LogP contribution < -0.4 is 9.47 Å². The summed E-state index contributed by atoms with van der Waals surface area (Å²) in [6.45, 7) is 2.29. The molecule has 6 rings (SSSR count). The Morgan fingerprint density at radius 2 is 0.889 bits per heavy atom. The van der Waals surface area contributed by atoms with E-state index in [4.69, 9.17) is 9.47 Å². The van der Waals surface area contributed by atoms with Gasteiger partial charge < -0.3 is 9.47 Å². The van der Waals surface area contributed by atoms with E-state index in [0.29, 0.717) is 23.0 Å². The van der Waals surface area contributed by atoms with Crippen molar-refractivity contribution in [2.24, 2.45) is 17.8 Å². The lowest BCUT2D eigenvalue weighted by molar-refractivity contribution is -0.385. The van der Waals surface area contributed by atoms with Crippen molar-refractivity contribution in [3.63, 3.8) is 0 Å². The van der Waals surface area contributed by atoms with Crippen molar-refractivity contribution in [2.45, 2.75) is 121 Å². The Labute approximate surface area is 320 Å². The van der Waals surface area contributed by atoms with E-state index in [9.17, 15) is 20.2 Å². The highest BCUT2D eigenvalue weighted by Crippen LogP contribution is 2.51. The minimum Gasteiger partial charge on any atom is -0.457 e. The van der Waals surface area contributed by atoms with Crippen molar-refractivity contribution in [3.8, 4) is 23.0 Å². The molecule has 0 aromatic heterocycles. The summed E-state index contributed by atoms with van der Waals surface area (Å²) < 4.78 is 12.1. The van der Waals surface area contributed by atoms with E-state index < -0.39 is 9.85 Å². The summed E-state index contributed by atoms with van der Waals surface area (Å²) in [4.78, 5) is 21.3. The monoisotopic (exact) mass is 732 g/mol. The fourth-order valence-electron chi connectivity index (χ4n) is 9.09. The summed E-state index contributed by atoms with van der Waals surface area (Å²) in [5.41, 5.74) is 2.44. The molecule has 0 N–H and O–H groups in total. The highest BCUT2D eigenvalue weighted by Gasteiger charge is 2.41. The minimum absolute atomic E-state index is 0.0336. The molecule has 0 atom stereocenters. The number of unbranched alkanes of at least 4 members (excludes halogenated alkanes) is 7. The highest BCUT2D eigenvalue weighted by molar-refractivity contribution is 5.46. The lowest BCUT2D eigenvalue weighted by Gasteiger charge is -2.44. The van der Waals surface area contributed by atoms with Crippen molar-refractivity contribution in [1.82, 2.24) is 0 Å². The SMILES string of the molecule is CCCCCCCCCC[C@H]1CC[C@H](C2CCC(c3ccc(Oc4ccc([N+](=O)[O-])cc4)cc3)(c3ccc(Oc4ccc([N+](=O)[O-])cc4)cc3)CC2)CC1. The molecule has 8 nitrogen and oxygen atoms in total. The summed E-state index contributed by atoms with van der Waals surface area (Å²) in [7, 11) is 0. The summed E-state index contributed by atoms with van der Waals surface area (Å²) in [5, 5.41) is 22.2. The summed E-state index contributed by atoms with van der Waals surface area (Å²) in [6, 6.07) is 29.0. The van der Waals surface area contributed by atoms with E-state index in [1.807, 2.05) is 24.3 Å². The van der Waals surface area contributed by atoms with Gasteiger partial charge in [-0.15, -0.1) is 0 Å². The van der Waals surface area contributed by atoms with Crippen LogP contribution >= 0.6 is 0 Å². The number of hydrogen-bond donors (Lipinski definition) is 0. The van der Waals surface area contributed by atoms with Gasteiger partial charge in [0.1, 0.15) is 23.0 Å². The van der Waals surface area contributed by atoms with Crippen LogP contribution in [0.1, 0.15) is 127 Å². The van der Waals surface area contributed by atoms with Crippen LogP contribution in [0.5, 0.6) is 23.0 Å². The van der Waals surface area contributed by atoms with E-state index in [1.54, 1.807) is 24.3 Å². The molecule has 0 amide bonds. The fraction of sp³-hybridized carbons (Fsp3) is 0.478. The van der Waals surface area contributed by atoms with Gasteiger partial charge in [0.05, 0.1) is 9.85 Å². The van der Waals surface area contributed by atoms with Gasteiger partial charge in [-0.2, -0.15) is 0 Å². The van der Waals surface area contributed by atoms with Gasteiger partial charge in [0.15, 0.2) is 0 Å². The second kappa shape index (κ2) is 19.0. The Morgan fingerprint density at radius 1 is 0.519 bits per heavy atom. The second-order valence-electron chi connectivity index (χ2n) is 15.7. The van der Waals surface area contributed by atoms with Crippen molar-refractivity contribution in [1.29, 1.82) is 0 Å². The number of nitro groups is 2. The van der Waals surface area contributed by atoms with Gasteiger partial charge in [0, 0.05) is 29.7 Å². The van der Waals surface area contributed by atoms with Gasteiger partial charge in [-0.25, -0.2) is 0 Å². The van der Waals surface area contributed by atoms with E-state index in [2.05, 4.69) is 31.2 Å². The molecule has 286 valence electrons. The third kappa shape index (κ3) is 10.3. The lowest BCUT2D eigenvalue weighted by Crippen LogP contribution is -2.35. The number of hydrogen-bond acceptors (Lipinski definition) is 6. The first kappa shape index (κ1) is 39.0. The molecular weight excluding hydrogens is 677 g/mol. The van der Waals surface area contributed by atoms with Crippen LogP contribution in [0.2, 0.25) is 0 Å².